The second-order valence-corrected chi connectivity index (χ2v) is 4.26. The van der Waals surface area contributed by atoms with Crippen LogP contribution < -0.4 is 5.69 Å². The highest BCUT2D eigenvalue weighted by Crippen LogP contribution is 2.14. The fourth-order valence-corrected chi connectivity index (χ4v) is 2.18. The number of aromatic amines is 2. The van der Waals surface area contributed by atoms with Gasteiger partial charge < -0.3 is 9.97 Å². The standard InChI is InChI=1S/C11H7N3O2S/c15-10(9-4-17-5-12-9)6-1-2-7-8(3-6)14-11(16)13-7/h1-5H,(H2,13,14,16). The van der Waals surface area contributed by atoms with E-state index in [2.05, 4.69) is 15.0 Å². The number of benzene rings is 1. The summed E-state index contributed by atoms with van der Waals surface area (Å²) in [5, 5.41) is 1.70. The molecule has 1 aromatic carbocycles. The van der Waals surface area contributed by atoms with Crippen molar-refractivity contribution in [1.82, 2.24) is 15.0 Å². The quantitative estimate of drug-likeness (QED) is 0.672. The van der Waals surface area contributed by atoms with Crippen molar-refractivity contribution < 1.29 is 4.79 Å². The van der Waals surface area contributed by atoms with E-state index in [9.17, 15) is 9.59 Å². The first kappa shape index (κ1) is 9.98. The molecule has 5 nitrogen and oxygen atoms in total. The molecule has 0 bridgehead atoms. The van der Waals surface area contributed by atoms with E-state index in [4.69, 9.17) is 0 Å². The molecule has 0 fully saturated rings. The number of imidazole rings is 1. The molecule has 0 amide bonds. The Morgan fingerprint density at radius 3 is 2.82 bits per heavy atom. The van der Waals surface area contributed by atoms with E-state index in [1.807, 2.05) is 0 Å². The number of H-pyrrole nitrogens is 2. The third-order valence-electron chi connectivity index (χ3n) is 2.44. The number of nitrogens with one attached hydrogen (secondary N) is 2. The van der Waals surface area contributed by atoms with Gasteiger partial charge in [0, 0.05) is 10.9 Å². The van der Waals surface area contributed by atoms with Gasteiger partial charge in [0.25, 0.3) is 0 Å². The van der Waals surface area contributed by atoms with Gasteiger partial charge in [-0.3, -0.25) is 4.79 Å². The Kier molecular flexibility index (Phi) is 2.15. The van der Waals surface area contributed by atoms with Gasteiger partial charge >= 0.3 is 5.69 Å². The van der Waals surface area contributed by atoms with Crippen molar-refractivity contribution in [2.75, 3.05) is 0 Å². The molecule has 2 N–H and O–H groups in total. The second kappa shape index (κ2) is 3.67. The van der Waals surface area contributed by atoms with E-state index < -0.39 is 0 Å². The molecule has 0 atom stereocenters. The Balaban J connectivity index is 2.12. The van der Waals surface area contributed by atoms with Crippen molar-refractivity contribution in [2.45, 2.75) is 0 Å². The van der Waals surface area contributed by atoms with Gasteiger partial charge in [-0.15, -0.1) is 11.3 Å². The molecule has 3 aromatic rings. The van der Waals surface area contributed by atoms with Gasteiger partial charge in [-0.2, -0.15) is 0 Å². The third kappa shape index (κ3) is 1.68. The molecule has 84 valence electrons. The Bertz CT molecular complexity index is 740. The van der Waals surface area contributed by atoms with Crippen LogP contribution >= 0.6 is 11.3 Å². The summed E-state index contributed by atoms with van der Waals surface area (Å²) >= 11 is 1.37. The summed E-state index contributed by atoms with van der Waals surface area (Å²) in [6.45, 7) is 0. The van der Waals surface area contributed by atoms with E-state index in [0.29, 0.717) is 22.3 Å². The van der Waals surface area contributed by atoms with Crippen LogP contribution in [-0.2, 0) is 0 Å². The van der Waals surface area contributed by atoms with Gasteiger partial charge in [0.05, 0.1) is 16.5 Å². The number of carbonyl (C=O) groups is 1. The maximum atomic E-state index is 12.0. The van der Waals surface area contributed by atoms with E-state index in [1.54, 1.807) is 29.1 Å². The van der Waals surface area contributed by atoms with Crippen LogP contribution in [0.3, 0.4) is 0 Å². The van der Waals surface area contributed by atoms with Crippen LogP contribution in [0, 0.1) is 0 Å². The van der Waals surface area contributed by atoms with E-state index >= 15 is 0 Å². The molecule has 0 saturated heterocycles. The summed E-state index contributed by atoms with van der Waals surface area (Å²) in [6, 6.07) is 5.02. The number of aromatic nitrogens is 3. The largest absolute Gasteiger partial charge is 0.323 e. The second-order valence-electron chi connectivity index (χ2n) is 3.54. The van der Waals surface area contributed by atoms with Crippen molar-refractivity contribution in [2.24, 2.45) is 0 Å². The SMILES string of the molecule is O=C(c1ccc2[nH]c(=O)[nH]c2c1)c1cscn1. The molecular formula is C11H7N3O2S. The molecule has 6 heteroatoms. The van der Waals surface area contributed by atoms with E-state index in [0.717, 1.165) is 0 Å². The zero-order valence-corrected chi connectivity index (χ0v) is 9.38. The average molecular weight is 245 g/mol. The highest BCUT2D eigenvalue weighted by Gasteiger charge is 2.11. The number of hydrogen-bond acceptors (Lipinski definition) is 4. The van der Waals surface area contributed by atoms with Crippen molar-refractivity contribution in [3.63, 3.8) is 0 Å². The smallest absolute Gasteiger partial charge is 0.306 e. The van der Waals surface area contributed by atoms with E-state index in [1.165, 1.54) is 11.3 Å². The maximum absolute atomic E-state index is 12.0. The Morgan fingerprint density at radius 2 is 2.06 bits per heavy atom. The first-order valence-corrected chi connectivity index (χ1v) is 5.83. The van der Waals surface area contributed by atoms with Crippen molar-refractivity contribution in [3.05, 3.63) is 50.8 Å². The molecule has 17 heavy (non-hydrogen) atoms. The van der Waals surface area contributed by atoms with Gasteiger partial charge in [-0.1, -0.05) is 0 Å². The Labute approximate surface area is 99.1 Å². The molecule has 2 heterocycles. The predicted octanol–water partition coefficient (Wildman–Crippen LogP) is 1.54. The Morgan fingerprint density at radius 1 is 1.24 bits per heavy atom. The number of ketones is 1. The minimum Gasteiger partial charge on any atom is -0.306 e. The van der Waals surface area contributed by atoms with Crippen molar-refractivity contribution in [1.29, 1.82) is 0 Å². The van der Waals surface area contributed by atoms with Crippen LogP contribution in [0.5, 0.6) is 0 Å². The molecule has 0 spiro atoms. The molecule has 0 radical (unpaired) electrons. The monoisotopic (exact) mass is 245 g/mol. The zero-order valence-electron chi connectivity index (χ0n) is 8.56. The molecule has 0 aliphatic heterocycles. The predicted molar refractivity (Wildman–Crippen MR) is 64.5 cm³/mol. The zero-order chi connectivity index (χ0) is 11.8. The lowest BCUT2D eigenvalue weighted by Gasteiger charge is -1.97. The minimum absolute atomic E-state index is 0.143. The number of nitrogens with zero attached hydrogens (tertiary/aromatic N) is 1. The van der Waals surface area contributed by atoms with Crippen LogP contribution in [0.1, 0.15) is 16.1 Å². The van der Waals surface area contributed by atoms with Crippen molar-refractivity contribution >= 4 is 28.2 Å². The summed E-state index contributed by atoms with van der Waals surface area (Å²) in [7, 11) is 0. The first-order valence-electron chi connectivity index (χ1n) is 4.89. The summed E-state index contributed by atoms with van der Waals surface area (Å²) < 4.78 is 0. The lowest BCUT2D eigenvalue weighted by molar-refractivity contribution is 0.103. The molecule has 3 rings (SSSR count). The molecule has 0 unspecified atom stereocenters. The molecular weight excluding hydrogens is 238 g/mol. The number of carbonyl (C=O) groups excluding carboxylic acids is 1. The third-order valence-corrected chi connectivity index (χ3v) is 3.03. The van der Waals surface area contributed by atoms with Crippen molar-refractivity contribution in [3.8, 4) is 0 Å². The highest BCUT2D eigenvalue weighted by atomic mass is 32.1. The van der Waals surface area contributed by atoms with Crippen LogP contribution in [0.15, 0.2) is 33.9 Å². The fourth-order valence-electron chi connectivity index (χ4n) is 1.65. The summed E-state index contributed by atoms with van der Waals surface area (Å²) in [6.07, 6.45) is 0. The van der Waals surface area contributed by atoms with Gasteiger partial charge in [0.2, 0.25) is 5.78 Å². The number of hydrogen-bond donors (Lipinski definition) is 2. The van der Waals surface area contributed by atoms with Crippen LogP contribution in [-0.4, -0.2) is 20.7 Å². The lowest BCUT2D eigenvalue weighted by Crippen LogP contribution is -2.01. The summed E-state index contributed by atoms with van der Waals surface area (Å²) in [5.41, 5.74) is 3.58. The van der Waals surface area contributed by atoms with Gasteiger partial charge in [-0.05, 0) is 18.2 Å². The minimum atomic E-state index is -0.279. The van der Waals surface area contributed by atoms with Crippen LogP contribution in [0.4, 0.5) is 0 Å². The van der Waals surface area contributed by atoms with Gasteiger partial charge in [-0.25, -0.2) is 9.78 Å². The molecule has 0 aliphatic rings. The lowest BCUT2D eigenvalue weighted by atomic mass is 10.1. The molecule has 0 aliphatic carbocycles. The average Bonchev–Trinajstić information content (AvgIpc) is 2.94. The maximum Gasteiger partial charge on any atom is 0.323 e. The van der Waals surface area contributed by atoms with E-state index in [-0.39, 0.29) is 11.5 Å². The van der Waals surface area contributed by atoms with Crippen LogP contribution in [0.25, 0.3) is 11.0 Å². The van der Waals surface area contributed by atoms with Gasteiger partial charge in [0.15, 0.2) is 0 Å². The summed E-state index contributed by atoms with van der Waals surface area (Å²) in [5.74, 6) is -0.143. The number of fused-ring (bicyclic) bond motifs is 1. The first-order chi connectivity index (χ1) is 8.24. The molecule has 0 saturated carbocycles. The van der Waals surface area contributed by atoms with Crippen LogP contribution in [0.2, 0.25) is 0 Å². The number of thiazole rings is 1. The fraction of sp³-hybridized carbons (Fsp3) is 0. The van der Waals surface area contributed by atoms with Gasteiger partial charge in [0.1, 0.15) is 5.69 Å². The normalized spacial score (nSPS) is 10.8. The summed E-state index contributed by atoms with van der Waals surface area (Å²) in [4.78, 5) is 32.3. The topological polar surface area (TPSA) is 78.6 Å². The Hall–Kier alpha value is -2.21. The number of rotatable bonds is 2. The molecule has 2 aromatic heterocycles. The highest BCUT2D eigenvalue weighted by molar-refractivity contribution is 7.07.